The maximum atomic E-state index is 12.6. The molecule has 1 aliphatic carbocycles. The van der Waals surface area contributed by atoms with Crippen molar-refractivity contribution in [3.8, 4) is 5.75 Å². The minimum atomic E-state index is -1.01. The maximum absolute atomic E-state index is 12.6. The monoisotopic (exact) mass is 627 g/mol. The largest absolute Gasteiger partial charge is 0.481 e. The Balaban J connectivity index is 1.53. The van der Waals surface area contributed by atoms with Gasteiger partial charge in [0.1, 0.15) is 21.9 Å². The number of aryl methyl sites for hydroxylation is 1. The first kappa shape index (κ1) is 27.1. The van der Waals surface area contributed by atoms with Crippen LogP contribution in [0, 0.1) is 10.5 Å². The van der Waals surface area contributed by atoms with E-state index in [2.05, 4.69) is 32.5 Å². The van der Waals surface area contributed by atoms with E-state index in [9.17, 15) is 14.7 Å². The van der Waals surface area contributed by atoms with Crippen molar-refractivity contribution < 1.29 is 24.2 Å². The van der Waals surface area contributed by atoms with Crippen LogP contribution in [0.25, 0.3) is 0 Å². The van der Waals surface area contributed by atoms with E-state index in [-0.39, 0.29) is 17.7 Å². The lowest BCUT2D eigenvalue weighted by atomic mass is 10.1. The minimum absolute atomic E-state index is 0.0253. The Bertz CT molecular complexity index is 1130. The quantitative estimate of drug-likeness (QED) is 0.395. The Labute approximate surface area is 230 Å². The summed E-state index contributed by atoms with van der Waals surface area (Å²) in [6.07, 6.45) is 3.61. The van der Waals surface area contributed by atoms with Crippen molar-refractivity contribution in [3.63, 3.8) is 0 Å². The molecule has 1 unspecified atom stereocenters. The Morgan fingerprint density at radius 2 is 2.00 bits per heavy atom. The predicted molar refractivity (Wildman–Crippen MR) is 147 cm³/mol. The Hall–Kier alpha value is -1.92. The van der Waals surface area contributed by atoms with Gasteiger partial charge in [0.2, 0.25) is 0 Å². The van der Waals surface area contributed by atoms with Gasteiger partial charge in [0.05, 0.1) is 0 Å². The number of rotatable bonds is 7. The fourth-order valence-corrected chi connectivity index (χ4v) is 5.85. The van der Waals surface area contributed by atoms with Gasteiger partial charge in [-0.15, -0.1) is 11.3 Å². The van der Waals surface area contributed by atoms with Crippen LogP contribution in [-0.4, -0.2) is 69.8 Å². The zero-order chi connectivity index (χ0) is 26.2. The molecule has 2 aromatic rings. The molecule has 0 radical (unpaired) electrons. The van der Waals surface area contributed by atoms with Crippen LogP contribution in [0.4, 0.5) is 4.79 Å². The number of carboxylic acid groups (broad SMARTS) is 1. The number of amides is 1. The first-order valence-corrected chi connectivity index (χ1v) is 14.2. The van der Waals surface area contributed by atoms with Gasteiger partial charge in [0, 0.05) is 46.9 Å². The Kier molecular flexibility index (Phi) is 8.16. The first-order chi connectivity index (χ1) is 16.9. The SMILES string of the molecule is Cc1cc(OC(CN2CCN(C(=O)OC(C)(C)C)[C@H](C)C2)c2ncc(C3CC3)s2)c(C(=O)O)cc1I. The van der Waals surface area contributed by atoms with Gasteiger partial charge in [-0.1, -0.05) is 0 Å². The van der Waals surface area contributed by atoms with Crippen LogP contribution in [0.15, 0.2) is 18.3 Å². The number of carbonyl (C=O) groups is 2. The number of halogens is 1. The summed E-state index contributed by atoms with van der Waals surface area (Å²) >= 11 is 3.80. The summed E-state index contributed by atoms with van der Waals surface area (Å²) in [5.41, 5.74) is 0.577. The van der Waals surface area contributed by atoms with Crippen molar-refractivity contribution in [2.24, 2.45) is 0 Å². The standard InChI is InChI=1S/C26H34IN3O5S/c1-15-10-20(18(24(31)32)11-19(15)27)34-21(23-28-12-22(36-23)17-6-7-17)14-29-8-9-30(16(2)13-29)25(33)35-26(3,4)5/h10-12,16-17,21H,6-9,13-14H2,1-5H3,(H,31,32)/t16-,21?/m1/s1. The van der Waals surface area contributed by atoms with Crippen LogP contribution in [0.1, 0.15) is 78.4 Å². The smallest absolute Gasteiger partial charge is 0.410 e. The van der Waals surface area contributed by atoms with E-state index >= 15 is 0 Å². The van der Waals surface area contributed by atoms with Gasteiger partial charge in [-0.2, -0.15) is 0 Å². The summed E-state index contributed by atoms with van der Waals surface area (Å²) < 4.78 is 12.9. The third kappa shape index (κ3) is 6.69. The summed E-state index contributed by atoms with van der Waals surface area (Å²) in [7, 11) is 0. The van der Waals surface area contributed by atoms with Crippen LogP contribution in [0.2, 0.25) is 0 Å². The van der Waals surface area contributed by atoms with Gasteiger partial charge < -0.3 is 19.5 Å². The molecular formula is C26H34IN3O5S. The molecule has 1 amide bonds. The van der Waals surface area contributed by atoms with Crippen LogP contribution in [-0.2, 0) is 4.74 Å². The van der Waals surface area contributed by atoms with Crippen LogP contribution >= 0.6 is 33.9 Å². The second-order valence-electron chi connectivity index (χ2n) is 10.7. The van der Waals surface area contributed by atoms with Gasteiger partial charge in [0.15, 0.2) is 6.10 Å². The molecule has 1 aromatic carbocycles. The van der Waals surface area contributed by atoms with Gasteiger partial charge in [0.25, 0.3) is 0 Å². The van der Waals surface area contributed by atoms with Gasteiger partial charge in [-0.05, 0) is 93.7 Å². The third-order valence-electron chi connectivity index (χ3n) is 6.32. The molecule has 196 valence electrons. The van der Waals surface area contributed by atoms with Gasteiger partial charge in [-0.3, -0.25) is 4.90 Å². The van der Waals surface area contributed by atoms with E-state index in [0.29, 0.717) is 37.8 Å². The lowest BCUT2D eigenvalue weighted by Crippen LogP contribution is -2.55. The number of piperazine rings is 1. The molecular weight excluding hydrogens is 593 g/mol. The number of carbonyl (C=O) groups excluding carboxylic acids is 1. The van der Waals surface area contributed by atoms with Gasteiger partial charge in [-0.25, -0.2) is 14.6 Å². The van der Waals surface area contributed by atoms with Crippen molar-refractivity contribution in [2.45, 2.75) is 71.1 Å². The Morgan fingerprint density at radius 1 is 1.28 bits per heavy atom. The normalized spacial score (nSPS) is 19.7. The lowest BCUT2D eigenvalue weighted by molar-refractivity contribution is -0.00299. The molecule has 1 N–H and O–H groups in total. The molecule has 0 spiro atoms. The summed E-state index contributed by atoms with van der Waals surface area (Å²) in [5.74, 6) is -0.0717. The van der Waals surface area contributed by atoms with E-state index in [4.69, 9.17) is 9.47 Å². The first-order valence-electron chi connectivity index (χ1n) is 12.3. The number of aromatic carboxylic acids is 1. The van der Waals surface area contributed by atoms with E-state index in [1.165, 1.54) is 17.7 Å². The summed E-state index contributed by atoms with van der Waals surface area (Å²) in [6.45, 7) is 12.0. The molecule has 10 heteroatoms. The molecule has 1 saturated carbocycles. The number of thiazole rings is 1. The topological polar surface area (TPSA) is 92.2 Å². The zero-order valence-corrected chi connectivity index (χ0v) is 24.4. The van der Waals surface area contributed by atoms with Crippen molar-refractivity contribution in [3.05, 3.63) is 42.9 Å². The molecule has 8 nitrogen and oxygen atoms in total. The highest BCUT2D eigenvalue weighted by Gasteiger charge is 2.34. The van der Waals surface area contributed by atoms with Crippen LogP contribution in [0.5, 0.6) is 5.75 Å². The number of hydrogen-bond acceptors (Lipinski definition) is 7. The van der Waals surface area contributed by atoms with Crippen molar-refractivity contribution in [1.82, 2.24) is 14.8 Å². The number of ether oxygens (including phenoxy) is 2. The third-order valence-corrected chi connectivity index (χ3v) is 8.73. The zero-order valence-electron chi connectivity index (χ0n) is 21.4. The fourth-order valence-electron chi connectivity index (χ4n) is 4.27. The summed E-state index contributed by atoms with van der Waals surface area (Å²) in [4.78, 5) is 34.6. The highest BCUT2D eigenvalue weighted by Crippen LogP contribution is 2.44. The highest BCUT2D eigenvalue weighted by atomic mass is 127. The van der Waals surface area contributed by atoms with E-state index in [1.807, 2.05) is 40.8 Å². The summed E-state index contributed by atoms with van der Waals surface area (Å²) in [6, 6.07) is 3.43. The molecule has 2 aliphatic rings. The second kappa shape index (κ2) is 10.8. The van der Waals surface area contributed by atoms with Gasteiger partial charge >= 0.3 is 12.1 Å². The average molecular weight is 628 g/mol. The molecule has 36 heavy (non-hydrogen) atoms. The van der Waals surface area contributed by atoms with Crippen molar-refractivity contribution in [1.29, 1.82) is 0 Å². The average Bonchev–Trinajstić information content (AvgIpc) is 3.50. The predicted octanol–water partition coefficient (Wildman–Crippen LogP) is 5.69. The molecule has 2 fully saturated rings. The van der Waals surface area contributed by atoms with Crippen LogP contribution < -0.4 is 4.74 Å². The van der Waals surface area contributed by atoms with Crippen molar-refractivity contribution in [2.75, 3.05) is 26.2 Å². The minimum Gasteiger partial charge on any atom is -0.481 e. The second-order valence-corrected chi connectivity index (χ2v) is 12.9. The number of carboxylic acids is 1. The molecule has 0 bridgehead atoms. The Morgan fingerprint density at radius 3 is 2.61 bits per heavy atom. The van der Waals surface area contributed by atoms with Crippen LogP contribution in [0.3, 0.4) is 0 Å². The fraction of sp³-hybridized carbons (Fsp3) is 0.577. The molecule has 1 aromatic heterocycles. The molecule has 2 atom stereocenters. The molecule has 2 heterocycles. The van der Waals surface area contributed by atoms with E-state index in [1.54, 1.807) is 28.4 Å². The van der Waals surface area contributed by atoms with Crippen molar-refractivity contribution >= 4 is 46.0 Å². The molecule has 1 saturated heterocycles. The van der Waals surface area contributed by atoms with E-state index in [0.717, 1.165) is 14.1 Å². The maximum Gasteiger partial charge on any atom is 0.410 e. The molecule has 1 aliphatic heterocycles. The lowest BCUT2D eigenvalue weighted by Gasteiger charge is -2.41. The highest BCUT2D eigenvalue weighted by molar-refractivity contribution is 14.1. The van der Waals surface area contributed by atoms with E-state index < -0.39 is 17.7 Å². The number of nitrogens with zero attached hydrogens (tertiary/aromatic N) is 3. The number of hydrogen-bond donors (Lipinski definition) is 1. The number of aromatic nitrogens is 1. The summed E-state index contributed by atoms with van der Waals surface area (Å²) in [5, 5.41) is 10.7. The molecule has 4 rings (SSSR count). The number of benzene rings is 1.